The maximum Gasteiger partial charge on any atom is 0.213 e. The summed E-state index contributed by atoms with van der Waals surface area (Å²) in [7, 11) is -1.52. The highest BCUT2D eigenvalue weighted by Gasteiger charge is 2.27. The average Bonchev–Trinajstić information content (AvgIpc) is 2.72. The van der Waals surface area contributed by atoms with E-state index in [1.165, 1.54) is 0 Å². The fourth-order valence-electron chi connectivity index (χ4n) is 3.08. The Morgan fingerprint density at radius 2 is 1.93 bits per heavy atom. The minimum atomic E-state index is -3.12. The normalized spacial score (nSPS) is 17.9. The number of guanidine groups is 1. The van der Waals surface area contributed by atoms with Crippen molar-refractivity contribution in [1.82, 2.24) is 14.9 Å². The smallest absolute Gasteiger partial charge is 0.213 e. The van der Waals surface area contributed by atoms with Crippen molar-refractivity contribution in [3.05, 3.63) is 29.8 Å². The van der Waals surface area contributed by atoms with Gasteiger partial charge in [-0.1, -0.05) is 12.1 Å². The number of nitrogens with zero attached hydrogens (tertiary/aromatic N) is 2. The minimum absolute atomic E-state index is 0.137. The molecule has 2 rings (SSSR count). The van der Waals surface area contributed by atoms with Crippen LogP contribution in [0.2, 0.25) is 0 Å². The first-order chi connectivity index (χ1) is 13.4. The summed E-state index contributed by atoms with van der Waals surface area (Å²) in [5, 5.41) is 16.9. The maximum absolute atomic E-state index is 12.0. The number of piperidine rings is 1. The maximum atomic E-state index is 12.0. The summed E-state index contributed by atoms with van der Waals surface area (Å²) in [6, 6.07) is 7.42. The monoisotopic (exact) mass is 412 g/mol. The van der Waals surface area contributed by atoms with Crippen LogP contribution in [0.1, 0.15) is 38.4 Å². The molecule has 1 aromatic rings. The van der Waals surface area contributed by atoms with Crippen molar-refractivity contribution in [3.8, 4) is 5.75 Å². The van der Waals surface area contributed by atoms with Gasteiger partial charge in [0.1, 0.15) is 5.75 Å². The molecule has 0 bridgehead atoms. The molecule has 0 aliphatic carbocycles. The Balaban J connectivity index is 1.91. The molecule has 3 N–H and O–H groups in total. The molecule has 0 saturated carbocycles. The van der Waals surface area contributed by atoms with Crippen LogP contribution in [0.25, 0.3) is 0 Å². The van der Waals surface area contributed by atoms with Crippen LogP contribution in [0.4, 0.5) is 0 Å². The van der Waals surface area contributed by atoms with E-state index >= 15 is 0 Å². The van der Waals surface area contributed by atoms with Gasteiger partial charge >= 0.3 is 0 Å². The molecule has 0 radical (unpaired) electrons. The summed E-state index contributed by atoms with van der Waals surface area (Å²) in [6.07, 6.45) is 0.743. The zero-order chi connectivity index (χ0) is 20.6. The molecule has 0 amide bonds. The topological polar surface area (TPSA) is 103 Å². The fraction of sp³-hybridized carbons (Fsp3) is 0.632. The zero-order valence-electron chi connectivity index (χ0n) is 16.9. The van der Waals surface area contributed by atoms with Crippen molar-refractivity contribution < 1.29 is 18.3 Å². The van der Waals surface area contributed by atoms with Gasteiger partial charge in [0, 0.05) is 25.7 Å². The van der Waals surface area contributed by atoms with Crippen molar-refractivity contribution in [2.24, 2.45) is 4.99 Å². The SMILES string of the molecule is CCNC(=NCC(O)c1ccc(OC)cc1)NC1CCN(S(=O)(=O)CC)CC1. The number of hydrogen-bond acceptors (Lipinski definition) is 5. The van der Waals surface area contributed by atoms with Gasteiger partial charge in [-0.25, -0.2) is 12.7 Å². The second kappa shape index (κ2) is 10.6. The Hall–Kier alpha value is -1.84. The molecule has 1 atom stereocenters. The number of methoxy groups -OCH3 is 1. The molecular weight excluding hydrogens is 380 g/mol. The molecule has 158 valence electrons. The second-order valence-electron chi connectivity index (χ2n) is 6.73. The van der Waals surface area contributed by atoms with Gasteiger partial charge in [0.15, 0.2) is 5.96 Å². The summed E-state index contributed by atoms with van der Waals surface area (Å²) in [6.45, 7) is 5.61. The molecule has 1 heterocycles. The van der Waals surface area contributed by atoms with E-state index in [9.17, 15) is 13.5 Å². The molecule has 1 unspecified atom stereocenters. The summed E-state index contributed by atoms with van der Waals surface area (Å²) in [5.74, 6) is 1.51. The number of nitrogens with one attached hydrogen (secondary N) is 2. The van der Waals surface area contributed by atoms with Crippen LogP contribution in [0, 0.1) is 0 Å². The molecular formula is C19H32N4O4S. The molecule has 28 heavy (non-hydrogen) atoms. The number of aliphatic imine (C=N–C) groups is 1. The predicted octanol–water partition coefficient (Wildman–Crippen LogP) is 1.10. The molecule has 1 fully saturated rings. The summed E-state index contributed by atoms with van der Waals surface area (Å²) in [4.78, 5) is 4.49. The number of ether oxygens (including phenoxy) is 1. The highest BCUT2D eigenvalue weighted by molar-refractivity contribution is 7.89. The van der Waals surface area contributed by atoms with Crippen molar-refractivity contribution in [2.75, 3.05) is 39.0 Å². The molecule has 8 nitrogen and oxygen atoms in total. The van der Waals surface area contributed by atoms with Gasteiger partial charge in [0.05, 0.1) is 25.5 Å². The standard InChI is InChI=1S/C19H32N4O4S/c1-4-20-19(21-14-18(24)15-6-8-17(27-3)9-7-15)22-16-10-12-23(13-11-16)28(25,26)5-2/h6-9,16,18,24H,4-5,10-14H2,1-3H3,(H2,20,21,22). The van der Waals surface area contributed by atoms with Gasteiger partial charge in [-0.05, 0) is 44.4 Å². The molecule has 1 aromatic carbocycles. The molecule has 9 heteroatoms. The van der Waals surface area contributed by atoms with Gasteiger partial charge in [-0.3, -0.25) is 4.99 Å². The van der Waals surface area contributed by atoms with Crippen molar-refractivity contribution >= 4 is 16.0 Å². The first-order valence-electron chi connectivity index (χ1n) is 9.74. The average molecular weight is 413 g/mol. The van der Waals surface area contributed by atoms with Crippen molar-refractivity contribution in [3.63, 3.8) is 0 Å². The third-order valence-corrected chi connectivity index (χ3v) is 6.70. The molecule has 1 aliphatic rings. The van der Waals surface area contributed by atoms with E-state index in [4.69, 9.17) is 4.74 Å². The van der Waals surface area contributed by atoms with Crippen molar-refractivity contribution in [2.45, 2.75) is 38.8 Å². The molecule has 1 aliphatic heterocycles. The lowest BCUT2D eigenvalue weighted by atomic mass is 10.1. The zero-order valence-corrected chi connectivity index (χ0v) is 17.7. The Bertz CT molecular complexity index is 729. The predicted molar refractivity (Wildman–Crippen MR) is 111 cm³/mol. The Morgan fingerprint density at radius 3 is 2.46 bits per heavy atom. The van der Waals surface area contributed by atoms with Crippen LogP contribution in [0.15, 0.2) is 29.3 Å². The number of sulfonamides is 1. The molecule has 0 spiro atoms. The van der Waals surface area contributed by atoms with Gasteiger partial charge in [0.25, 0.3) is 0 Å². The first kappa shape index (κ1) is 22.4. The van der Waals surface area contributed by atoms with E-state index in [1.807, 2.05) is 31.2 Å². The van der Waals surface area contributed by atoms with Crippen LogP contribution in [0.3, 0.4) is 0 Å². The van der Waals surface area contributed by atoms with Gasteiger partial charge < -0.3 is 20.5 Å². The quantitative estimate of drug-likeness (QED) is 0.436. The summed E-state index contributed by atoms with van der Waals surface area (Å²) < 4.78 is 30.6. The number of rotatable bonds is 8. The molecule has 0 aromatic heterocycles. The first-order valence-corrected chi connectivity index (χ1v) is 11.3. The van der Waals surface area contributed by atoms with Crippen LogP contribution >= 0.6 is 0 Å². The van der Waals surface area contributed by atoms with E-state index in [1.54, 1.807) is 18.3 Å². The van der Waals surface area contributed by atoms with E-state index < -0.39 is 16.1 Å². The number of hydrogen-bond donors (Lipinski definition) is 3. The Labute approximate surface area is 168 Å². The van der Waals surface area contributed by atoms with E-state index in [-0.39, 0.29) is 18.3 Å². The van der Waals surface area contributed by atoms with Crippen LogP contribution in [0.5, 0.6) is 5.75 Å². The van der Waals surface area contributed by atoms with Gasteiger partial charge in [0.2, 0.25) is 10.0 Å². The fourth-order valence-corrected chi connectivity index (χ4v) is 4.22. The van der Waals surface area contributed by atoms with E-state index in [2.05, 4.69) is 15.6 Å². The Morgan fingerprint density at radius 1 is 1.29 bits per heavy atom. The third-order valence-electron chi connectivity index (χ3n) is 4.82. The number of benzene rings is 1. The third kappa shape index (κ3) is 6.35. The summed E-state index contributed by atoms with van der Waals surface area (Å²) in [5.41, 5.74) is 0.776. The summed E-state index contributed by atoms with van der Waals surface area (Å²) >= 11 is 0. The Kier molecular flexibility index (Phi) is 8.53. The number of aliphatic hydroxyl groups excluding tert-OH is 1. The lowest BCUT2D eigenvalue weighted by molar-refractivity contribution is 0.187. The minimum Gasteiger partial charge on any atom is -0.497 e. The second-order valence-corrected chi connectivity index (χ2v) is 8.98. The number of aliphatic hydroxyl groups is 1. The lowest BCUT2D eigenvalue weighted by Crippen LogP contribution is -2.50. The van der Waals surface area contributed by atoms with E-state index in [0.717, 1.165) is 24.2 Å². The largest absolute Gasteiger partial charge is 0.497 e. The van der Waals surface area contributed by atoms with E-state index in [0.29, 0.717) is 25.6 Å². The highest BCUT2D eigenvalue weighted by atomic mass is 32.2. The molecule has 1 saturated heterocycles. The van der Waals surface area contributed by atoms with Crippen molar-refractivity contribution in [1.29, 1.82) is 0 Å². The van der Waals surface area contributed by atoms with Crippen LogP contribution in [-0.4, -0.2) is 68.9 Å². The van der Waals surface area contributed by atoms with Gasteiger partial charge in [-0.2, -0.15) is 0 Å². The van der Waals surface area contributed by atoms with Crippen LogP contribution in [-0.2, 0) is 10.0 Å². The van der Waals surface area contributed by atoms with Crippen LogP contribution < -0.4 is 15.4 Å². The highest BCUT2D eigenvalue weighted by Crippen LogP contribution is 2.18. The lowest BCUT2D eigenvalue weighted by Gasteiger charge is -2.32. The van der Waals surface area contributed by atoms with Gasteiger partial charge in [-0.15, -0.1) is 0 Å².